The first-order valence-electron chi connectivity index (χ1n) is 7.40. The van der Waals surface area contributed by atoms with E-state index in [0.29, 0.717) is 32.5 Å². The Labute approximate surface area is 121 Å². The molecule has 0 radical (unpaired) electrons. The van der Waals surface area contributed by atoms with Crippen LogP contribution in [0, 0.1) is 5.41 Å². The van der Waals surface area contributed by atoms with Crippen LogP contribution < -0.4 is 5.32 Å². The minimum absolute atomic E-state index is 0.0379. The van der Waals surface area contributed by atoms with E-state index >= 15 is 0 Å². The second-order valence-corrected chi connectivity index (χ2v) is 6.99. The summed E-state index contributed by atoms with van der Waals surface area (Å²) in [5.41, 5.74) is -1.08. The van der Waals surface area contributed by atoms with E-state index in [1.807, 2.05) is 27.7 Å². The summed E-state index contributed by atoms with van der Waals surface area (Å²) in [6.07, 6.45) is 2.50. The fourth-order valence-corrected chi connectivity index (χ4v) is 2.22. The standard InChI is InChI=1S/C15H28N2O3/c1-14(2,3)13(19)16-9-6-12(18)17-10-5-7-15(4,20)8-11-17/h20H,5-11H2,1-4H3,(H,16,19). The molecule has 1 rings (SSSR count). The number of amides is 2. The summed E-state index contributed by atoms with van der Waals surface area (Å²) in [5.74, 6) is 0.0148. The average molecular weight is 284 g/mol. The lowest BCUT2D eigenvalue weighted by atomic mass is 9.96. The zero-order chi connectivity index (χ0) is 15.4. The van der Waals surface area contributed by atoms with E-state index in [2.05, 4.69) is 5.32 Å². The second kappa shape index (κ2) is 6.57. The molecule has 0 aromatic carbocycles. The first-order chi connectivity index (χ1) is 9.12. The van der Waals surface area contributed by atoms with E-state index in [4.69, 9.17) is 0 Å². The molecule has 5 nitrogen and oxygen atoms in total. The van der Waals surface area contributed by atoms with Crippen LogP contribution in [0.5, 0.6) is 0 Å². The second-order valence-electron chi connectivity index (χ2n) is 6.99. The molecule has 1 unspecified atom stereocenters. The van der Waals surface area contributed by atoms with E-state index < -0.39 is 11.0 Å². The Bertz CT molecular complexity index is 359. The minimum Gasteiger partial charge on any atom is -0.390 e. The van der Waals surface area contributed by atoms with Crippen molar-refractivity contribution < 1.29 is 14.7 Å². The van der Waals surface area contributed by atoms with Gasteiger partial charge in [-0.1, -0.05) is 20.8 Å². The third-order valence-electron chi connectivity index (χ3n) is 3.72. The van der Waals surface area contributed by atoms with Gasteiger partial charge in [-0.15, -0.1) is 0 Å². The van der Waals surface area contributed by atoms with E-state index in [1.54, 1.807) is 4.90 Å². The number of hydrogen-bond acceptors (Lipinski definition) is 3. The van der Waals surface area contributed by atoms with Crippen LogP contribution in [0.3, 0.4) is 0 Å². The molecule has 0 aromatic heterocycles. The number of carbonyl (C=O) groups excluding carboxylic acids is 2. The minimum atomic E-state index is -0.657. The molecule has 2 N–H and O–H groups in total. The summed E-state index contributed by atoms with van der Waals surface area (Å²) < 4.78 is 0. The Kier molecular flexibility index (Phi) is 5.57. The van der Waals surface area contributed by atoms with Crippen molar-refractivity contribution in [3.63, 3.8) is 0 Å². The number of nitrogens with zero attached hydrogens (tertiary/aromatic N) is 1. The third-order valence-corrected chi connectivity index (χ3v) is 3.72. The van der Waals surface area contributed by atoms with Crippen molar-refractivity contribution in [3.05, 3.63) is 0 Å². The van der Waals surface area contributed by atoms with Crippen molar-refractivity contribution in [1.82, 2.24) is 10.2 Å². The molecule has 1 heterocycles. The molecule has 20 heavy (non-hydrogen) atoms. The Morgan fingerprint density at radius 3 is 2.50 bits per heavy atom. The number of rotatable bonds is 3. The van der Waals surface area contributed by atoms with Crippen LogP contribution in [0.1, 0.15) is 53.4 Å². The number of aliphatic hydroxyl groups is 1. The Morgan fingerprint density at radius 2 is 1.90 bits per heavy atom. The molecule has 1 fully saturated rings. The van der Waals surface area contributed by atoms with E-state index in [9.17, 15) is 14.7 Å². The van der Waals surface area contributed by atoms with Gasteiger partial charge in [-0.2, -0.15) is 0 Å². The molecule has 1 aliphatic rings. The summed E-state index contributed by atoms with van der Waals surface area (Å²) in [5, 5.41) is 12.8. The lowest BCUT2D eigenvalue weighted by molar-refractivity contribution is -0.131. The molecule has 0 saturated carbocycles. The predicted molar refractivity (Wildman–Crippen MR) is 78.1 cm³/mol. The normalized spacial score (nSPS) is 24.1. The highest BCUT2D eigenvalue weighted by Gasteiger charge is 2.27. The lowest BCUT2D eigenvalue weighted by Crippen LogP contribution is -2.39. The molecule has 2 amide bonds. The summed E-state index contributed by atoms with van der Waals surface area (Å²) in [6, 6.07) is 0. The van der Waals surface area contributed by atoms with Crippen LogP contribution in [0.4, 0.5) is 0 Å². The maximum absolute atomic E-state index is 12.1. The molecular weight excluding hydrogens is 256 g/mol. The number of nitrogens with one attached hydrogen (secondary N) is 1. The average Bonchev–Trinajstić information content (AvgIpc) is 2.48. The van der Waals surface area contributed by atoms with Crippen LogP contribution in [-0.2, 0) is 9.59 Å². The van der Waals surface area contributed by atoms with Gasteiger partial charge in [-0.25, -0.2) is 0 Å². The maximum Gasteiger partial charge on any atom is 0.225 e. The lowest BCUT2D eigenvalue weighted by Gasteiger charge is -2.23. The molecule has 0 aromatic rings. The Hall–Kier alpha value is -1.10. The third kappa shape index (κ3) is 5.49. The highest BCUT2D eigenvalue weighted by molar-refractivity contribution is 5.82. The van der Waals surface area contributed by atoms with Crippen LogP contribution >= 0.6 is 0 Å². The van der Waals surface area contributed by atoms with Gasteiger partial charge in [0.1, 0.15) is 0 Å². The van der Waals surface area contributed by atoms with Crippen molar-refractivity contribution in [2.45, 2.75) is 59.0 Å². The van der Waals surface area contributed by atoms with Crippen LogP contribution in [-0.4, -0.2) is 47.1 Å². The molecule has 1 atom stereocenters. The van der Waals surface area contributed by atoms with Gasteiger partial charge < -0.3 is 15.3 Å². The van der Waals surface area contributed by atoms with Gasteiger partial charge in [-0.05, 0) is 26.2 Å². The number of likely N-dealkylation sites (tertiary alicyclic amines) is 1. The first-order valence-corrected chi connectivity index (χ1v) is 7.40. The van der Waals surface area contributed by atoms with Crippen molar-refractivity contribution in [2.24, 2.45) is 5.41 Å². The predicted octanol–water partition coefficient (Wildman–Crippen LogP) is 1.30. The van der Waals surface area contributed by atoms with Gasteiger partial charge in [0.05, 0.1) is 5.60 Å². The summed E-state index contributed by atoms with van der Waals surface area (Å²) in [4.78, 5) is 25.6. The largest absolute Gasteiger partial charge is 0.390 e. The SMILES string of the molecule is CC1(O)CCCN(C(=O)CCNC(=O)C(C)(C)C)CC1. The van der Waals surface area contributed by atoms with Crippen molar-refractivity contribution >= 4 is 11.8 Å². The fourth-order valence-electron chi connectivity index (χ4n) is 2.22. The molecule has 116 valence electrons. The monoisotopic (exact) mass is 284 g/mol. The van der Waals surface area contributed by atoms with Crippen molar-refractivity contribution in [3.8, 4) is 0 Å². The van der Waals surface area contributed by atoms with Gasteiger partial charge >= 0.3 is 0 Å². The zero-order valence-corrected chi connectivity index (χ0v) is 13.2. The quantitative estimate of drug-likeness (QED) is 0.821. The van der Waals surface area contributed by atoms with E-state index in [-0.39, 0.29) is 11.8 Å². The van der Waals surface area contributed by atoms with Crippen LogP contribution in [0.25, 0.3) is 0 Å². The maximum atomic E-state index is 12.1. The topological polar surface area (TPSA) is 69.6 Å². The van der Waals surface area contributed by atoms with Gasteiger partial charge in [0.15, 0.2) is 0 Å². The van der Waals surface area contributed by atoms with Crippen molar-refractivity contribution in [1.29, 1.82) is 0 Å². The summed E-state index contributed by atoms with van der Waals surface area (Å²) >= 11 is 0. The summed E-state index contributed by atoms with van der Waals surface area (Å²) in [6.45, 7) is 9.04. The molecule has 0 aliphatic carbocycles. The van der Waals surface area contributed by atoms with Crippen molar-refractivity contribution in [2.75, 3.05) is 19.6 Å². The fraction of sp³-hybridized carbons (Fsp3) is 0.867. The van der Waals surface area contributed by atoms with Crippen LogP contribution in [0.15, 0.2) is 0 Å². The highest BCUT2D eigenvalue weighted by atomic mass is 16.3. The number of hydrogen-bond donors (Lipinski definition) is 2. The Morgan fingerprint density at radius 1 is 1.25 bits per heavy atom. The smallest absolute Gasteiger partial charge is 0.225 e. The number of carbonyl (C=O) groups is 2. The zero-order valence-electron chi connectivity index (χ0n) is 13.2. The molecular formula is C15H28N2O3. The van der Waals surface area contributed by atoms with E-state index in [1.165, 1.54) is 0 Å². The first kappa shape index (κ1) is 17.0. The van der Waals surface area contributed by atoms with Gasteiger partial charge in [0, 0.05) is 31.5 Å². The van der Waals surface area contributed by atoms with E-state index in [0.717, 1.165) is 12.8 Å². The molecule has 5 heteroatoms. The van der Waals surface area contributed by atoms with Gasteiger partial charge in [0.25, 0.3) is 0 Å². The van der Waals surface area contributed by atoms with Crippen LogP contribution in [0.2, 0.25) is 0 Å². The molecule has 0 spiro atoms. The Balaban J connectivity index is 2.34. The molecule has 0 bridgehead atoms. The summed E-state index contributed by atoms with van der Waals surface area (Å²) in [7, 11) is 0. The molecule has 1 aliphatic heterocycles. The highest BCUT2D eigenvalue weighted by Crippen LogP contribution is 2.21. The molecule has 1 saturated heterocycles. The van der Waals surface area contributed by atoms with Gasteiger partial charge in [-0.3, -0.25) is 9.59 Å². The van der Waals surface area contributed by atoms with Gasteiger partial charge in [0.2, 0.25) is 11.8 Å².